The van der Waals surface area contributed by atoms with Crippen molar-refractivity contribution in [3.05, 3.63) is 52.1 Å². The summed E-state index contributed by atoms with van der Waals surface area (Å²) in [5, 5.41) is 5.07. The van der Waals surface area contributed by atoms with Crippen LogP contribution in [0.4, 0.5) is 0 Å². The fourth-order valence-corrected chi connectivity index (χ4v) is 1.97. The van der Waals surface area contributed by atoms with E-state index in [1.807, 2.05) is 13.0 Å². The Bertz CT molecular complexity index is 818. The highest BCUT2D eigenvalue weighted by Gasteiger charge is 2.12. The van der Waals surface area contributed by atoms with Gasteiger partial charge in [0.1, 0.15) is 5.65 Å². The van der Waals surface area contributed by atoms with Gasteiger partial charge in [0.25, 0.3) is 5.56 Å². The first-order chi connectivity index (χ1) is 9.20. The molecule has 3 heterocycles. The molecule has 0 amide bonds. The summed E-state index contributed by atoms with van der Waals surface area (Å²) in [4.78, 5) is 29.4. The van der Waals surface area contributed by atoms with Crippen molar-refractivity contribution in [2.45, 2.75) is 6.92 Å². The molecule has 0 fully saturated rings. The van der Waals surface area contributed by atoms with E-state index in [4.69, 9.17) is 0 Å². The molecule has 0 saturated heterocycles. The van der Waals surface area contributed by atoms with E-state index >= 15 is 0 Å². The van der Waals surface area contributed by atoms with Crippen molar-refractivity contribution in [1.82, 2.24) is 19.7 Å². The van der Waals surface area contributed by atoms with Crippen LogP contribution in [0.5, 0.6) is 0 Å². The first-order valence-corrected chi connectivity index (χ1v) is 5.70. The maximum absolute atomic E-state index is 11.7. The molecular formula is C13H10N4O2. The van der Waals surface area contributed by atoms with E-state index in [1.165, 1.54) is 0 Å². The number of aromatic amines is 1. The van der Waals surface area contributed by atoms with Crippen molar-refractivity contribution in [3.8, 4) is 5.82 Å². The standard InChI is InChI=1S/C13H10N4O2/c1-8-10-6-9(7-18)13(19)15-12(10)17(16-8)11-4-2-3-5-14-11/h2-7H,1H3,(H,15,19). The molecule has 0 aliphatic carbocycles. The highest BCUT2D eigenvalue weighted by atomic mass is 16.1. The summed E-state index contributed by atoms with van der Waals surface area (Å²) < 4.78 is 1.56. The van der Waals surface area contributed by atoms with Gasteiger partial charge in [-0.3, -0.25) is 9.59 Å². The van der Waals surface area contributed by atoms with Gasteiger partial charge in [-0.1, -0.05) is 6.07 Å². The van der Waals surface area contributed by atoms with E-state index in [9.17, 15) is 9.59 Å². The van der Waals surface area contributed by atoms with Crippen LogP contribution in [-0.4, -0.2) is 26.0 Å². The van der Waals surface area contributed by atoms with Gasteiger partial charge in [-0.25, -0.2) is 4.98 Å². The Kier molecular flexibility index (Phi) is 2.49. The van der Waals surface area contributed by atoms with E-state index < -0.39 is 5.56 Å². The van der Waals surface area contributed by atoms with Gasteiger partial charge in [-0.15, -0.1) is 0 Å². The number of carbonyl (C=O) groups excluding carboxylic acids is 1. The molecule has 0 radical (unpaired) electrons. The highest BCUT2D eigenvalue weighted by Crippen LogP contribution is 2.17. The molecule has 0 aliphatic heterocycles. The third-order valence-electron chi connectivity index (χ3n) is 2.89. The number of hydrogen-bond acceptors (Lipinski definition) is 4. The molecule has 94 valence electrons. The van der Waals surface area contributed by atoms with Gasteiger partial charge in [-0.05, 0) is 25.1 Å². The lowest BCUT2D eigenvalue weighted by atomic mass is 10.2. The van der Waals surface area contributed by atoms with Crippen molar-refractivity contribution in [2.75, 3.05) is 0 Å². The number of rotatable bonds is 2. The molecule has 6 heteroatoms. The Balaban J connectivity index is 2.37. The molecule has 0 atom stereocenters. The average molecular weight is 254 g/mol. The summed E-state index contributed by atoms with van der Waals surface area (Å²) in [5.74, 6) is 0.607. The normalized spacial score (nSPS) is 10.8. The molecule has 0 saturated carbocycles. The molecule has 0 spiro atoms. The Morgan fingerprint density at radius 3 is 2.89 bits per heavy atom. The zero-order valence-electron chi connectivity index (χ0n) is 10.1. The first-order valence-electron chi connectivity index (χ1n) is 5.70. The number of nitrogens with zero attached hydrogens (tertiary/aromatic N) is 3. The Hall–Kier alpha value is -2.76. The Labute approximate surface area is 107 Å². The molecule has 6 nitrogen and oxygen atoms in total. The summed E-state index contributed by atoms with van der Waals surface area (Å²) in [6, 6.07) is 6.97. The SMILES string of the molecule is Cc1nn(-c2ccccn2)c2[nH]c(=O)c(C=O)cc12. The van der Waals surface area contributed by atoms with Crippen molar-refractivity contribution >= 4 is 17.3 Å². The average Bonchev–Trinajstić information content (AvgIpc) is 2.75. The fourth-order valence-electron chi connectivity index (χ4n) is 1.97. The number of aldehydes is 1. The number of carbonyl (C=O) groups is 1. The monoisotopic (exact) mass is 254 g/mol. The first kappa shape index (κ1) is 11.3. The van der Waals surface area contributed by atoms with Crippen LogP contribution < -0.4 is 5.56 Å². The number of H-pyrrole nitrogens is 1. The predicted molar refractivity (Wildman–Crippen MR) is 69.6 cm³/mol. The van der Waals surface area contributed by atoms with Crippen LogP contribution in [0.3, 0.4) is 0 Å². The topological polar surface area (TPSA) is 80.6 Å². The van der Waals surface area contributed by atoms with Crippen molar-refractivity contribution in [3.63, 3.8) is 0 Å². The van der Waals surface area contributed by atoms with E-state index in [-0.39, 0.29) is 5.56 Å². The maximum Gasteiger partial charge on any atom is 0.260 e. The summed E-state index contributed by atoms with van der Waals surface area (Å²) in [7, 11) is 0. The van der Waals surface area contributed by atoms with Gasteiger partial charge in [-0.2, -0.15) is 9.78 Å². The van der Waals surface area contributed by atoms with Gasteiger partial charge < -0.3 is 4.98 Å². The van der Waals surface area contributed by atoms with Crippen LogP contribution in [0.1, 0.15) is 16.1 Å². The second-order valence-corrected chi connectivity index (χ2v) is 4.12. The van der Waals surface area contributed by atoms with Gasteiger partial charge in [0.05, 0.1) is 11.3 Å². The van der Waals surface area contributed by atoms with Crippen LogP contribution in [0.15, 0.2) is 35.3 Å². The molecule has 19 heavy (non-hydrogen) atoms. The third kappa shape index (κ3) is 1.74. The number of fused-ring (bicyclic) bond motifs is 1. The number of pyridine rings is 2. The molecule has 3 aromatic rings. The Morgan fingerprint density at radius 2 is 2.21 bits per heavy atom. The van der Waals surface area contributed by atoms with Crippen LogP contribution in [0, 0.1) is 6.92 Å². The van der Waals surface area contributed by atoms with E-state index in [0.717, 1.165) is 11.1 Å². The maximum atomic E-state index is 11.7. The second kappa shape index (κ2) is 4.16. The number of hydrogen-bond donors (Lipinski definition) is 1. The van der Waals surface area contributed by atoms with Crippen molar-refractivity contribution in [2.24, 2.45) is 0 Å². The predicted octanol–water partition coefficient (Wildman–Crippen LogP) is 1.23. The van der Waals surface area contributed by atoms with E-state index in [2.05, 4.69) is 15.1 Å². The second-order valence-electron chi connectivity index (χ2n) is 4.12. The number of nitrogens with one attached hydrogen (secondary N) is 1. The molecule has 3 aromatic heterocycles. The number of aromatic nitrogens is 4. The van der Waals surface area contributed by atoms with E-state index in [0.29, 0.717) is 17.8 Å². The minimum absolute atomic E-state index is 0.0937. The Morgan fingerprint density at radius 1 is 1.37 bits per heavy atom. The summed E-state index contributed by atoms with van der Waals surface area (Å²) in [6.45, 7) is 1.81. The molecule has 0 aliphatic rings. The molecule has 0 unspecified atom stereocenters. The van der Waals surface area contributed by atoms with Crippen LogP contribution in [0.2, 0.25) is 0 Å². The minimum atomic E-state index is -0.431. The van der Waals surface area contributed by atoms with Crippen LogP contribution >= 0.6 is 0 Å². The van der Waals surface area contributed by atoms with E-state index in [1.54, 1.807) is 29.1 Å². The molecule has 3 rings (SSSR count). The molecule has 0 bridgehead atoms. The summed E-state index contributed by atoms with van der Waals surface area (Å²) >= 11 is 0. The number of aryl methyl sites for hydroxylation is 1. The van der Waals surface area contributed by atoms with Gasteiger partial charge in [0.15, 0.2) is 12.1 Å². The van der Waals surface area contributed by atoms with Gasteiger partial charge in [0, 0.05) is 11.6 Å². The van der Waals surface area contributed by atoms with Crippen LogP contribution in [0.25, 0.3) is 16.9 Å². The molecule has 1 N–H and O–H groups in total. The quantitative estimate of drug-likeness (QED) is 0.697. The summed E-state index contributed by atoms with van der Waals surface area (Å²) in [6.07, 6.45) is 2.19. The fraction of sp³-hybridized carbons (Fsp3) is 0.0769. The van der Waals surface area contributed by atoms with Gasteiger partial charge in [0.2, 0.25) is 0 Å². The smallest absolute Gasteiger partial charge is 0.260 e. The lowest BCUT2D eigenvalue weighted by molar-refractivity contribution is 0.112. The zero-order valence-corrected chi connectivity index (χ0v) is 10.1. The lowest BCUT2D eigenvalue weighted by Crippen LogP contribution is -2.13. The largest absolute Gasteiger partial charge is 0.306 e. The highest BCUT2D eigenvalue weighted by molar-refractivity contribution is 5.86. The third-order valence-corrected chi connectivity index (χ3v) is 2.89. The minimum Gasteiger partial charge on any atom is -0.306 e. The van der Waals surface area contributed by atoms with Crippen molar-refractivity contribution < 1.29 is 4.79 Å². The zero-order chi connectivity index (χ0) is 13.4. The lowest BCUT2D eigenvalue weighted by Gasteiger charge is -2.01. The molecule has 0 aromatic carbocycles. The van der Waals surface area contributed by atoms with Crippen LogP contribution in [-0.2, 0) is 0 Å². The van der Waals surface area contributed by atoms with Gasteiger partial charge >= 0.3 is 0 Å². The van der Waals surface area contributed by atoms with Crippen molar-refractivity contribution in [1.29, 1.82) is 0 Å². The molecular weight excluding hydrogens is 244 g/mol. The summed E-state index contributed by atoms with van der Waals surface area (Å²) in [5.41, 5.74) is 0.919.